The zero-order valence-corrected chi connectivity index (χ0v) is 16.2. The Morgan fingerprint density at radius 1 is 1.26 bits per heavy atom. The Labute approximate surface area is 164 Å². The molecule has 2 fully saturated rings. The summed E-state index contributed by atoms with van der Waals surface area (Å²) in [6.07, 6.45) is 4.10. The lowest BCUT2D eigenvalue weighted by Gasteiger charge is -2.33. The van der Waals surface area contributed by atoms with E-state index in [4.69, 9.17) is 21.1 Å². The van der Waals surface area contributed by atoms with Gasteiger partial charge in [0.25, 0.3) is 5.91 Å². The van der Waals surface area contributed by atoms with Crippen LogP contribution in [0.4, 0.5) is 0 Å². The molecule has 3 heterocycles. The van der Waals surface area contributed by atoms with Crippen molar-refractivity contribution in [3.8, 4) is 5.69 Å². The first-order chi connectivity index (χ1) is 13.2. The minimum atomic E-state index is -0.0981. The molecule has 1 aromatic heterocycles. The number of rotatable bonds is 4. The Bertz CT molecular complexity index is 809. The van der Waals surface area contributed by atoms with Crippen LogP contribution in [0.1, 0.15) is 35.8 Å². The third-order valence-corrected chi connectivity index (χ3v) is 5.58. The average Bonchev–Trinajstić information content (AvgIpc) is 3.37. The number of halogens is 1. The van der Waals surface area contributed by atoms with E-state index in [1.807, 2.05) is 40.8 Å². The maximum absolute atomic E-state index is 13.1. The van der Waals surface area contributed by atoms with Gasteiger partial charge in [0.1, 0.15) is 0 Å². The number of aromatic nitrogens is 2. The number of carbonyl (C=O) groups is 1. The molecule has 2 aliphatic heterocycles. The van der Waals surface area contributed by atoms with Gasteiger partial charge >= 0.3 is 0 Å². The third-order valence-electron chi connectivity index (χ3n) is 5.35. The van der Waals surface area contributed by atoms with Gasteiger partial charge in [-0.3, -0.25) is 4.79 Å². The summed E-state index contributed by atoms with van der Waals surface area (Å²) in [5, 5.41) is 5.11. The topological polar surface area (TPSA) is 56.6 Å². The van der Waals surface area contributed by atoms with Gasteiger partial charge in [-0.2, -0.15) is 5.10 Å². The van der Waals surface area contributed by atoms with Crippen LogP contribution in [-0.2, 0) is 15.9 Å². The number of benzene rings is 1. The first-order valence-corrected chi connectivity index (χ1v) is 9.90. The van der Waals surface area contributed by atoms with Gasteiger partial charge < -0.3 is 14.4 Å². The van der Waals surface area contributed by atoms with Gasteiger partial charge in [-0.15, -0.1) is 0 Å². The number of nitrogens with zero attached hydrogens (tertiary/aromatic N) is 3. The zero-order chi connectivity index (χ0) is 18.8. The van der Waals surface area contributed by atoms with Crippen LogP contribution in [-0.4, -0.2) is 53.2 Å². The summed E-state index contributed by atoms with van der Waals surface area (Å²) in [5.41, 5.74) is 2.45. The first kappa shape index (κ1) is 18.5. The van der Waals surface area contributed by atoms with Gasteiger partial charge in [-0.05, 0) is 37.5 Å². The molecule has 0 spiro atoms. The highest BCUT2D eigenvalue weighted by molar-refractivity contribution is 6.30. The Morgan fingerprint density at radius 3 is 2.67 bits per heavy atom. The van der Waals surface area contributed by atoms with E-state index in [0.29, 0.717) is 36.1 Å². The average molecular weight is 390 g/mol. The molecule has 7 heteroatoms. The van der Waals surface area contributed by atoms with Crippen LogP contribution in [0.25, 0.3) is 5.69 Å². The standard InChI is InChI=1S/C20H24ClN3O3/c1-2-18-17(13-22-24(18)16-5-3-4-15(21)12-16)19(25)23-8-6-14(7-9-23)20-26-10-11-27-20/h3-5,12-14,20H,2,6-11H2,1H3. The first-order valence-electron chi connectivity index (χ1n) is 9.52. The van der Waals surface area contributed by atoms with E-state index in [2.05, 4.69) is 5.10 Å². The third kappa shape index (κ3) is 3.74. The number of carbonyl (C=O) groups excluding carboxylic acids is 1. The van der Waals surface area contributed by atoms with Crippen LogP contribution in [0.2, 0.25) is 5.02 Å². The van der Waals surface area contributed by atoms with E-state index >= 15 is 0 Å². The van der Waals surface area contributed by atoms with Crippen molar-refractivity contribution in [2.24, 2.45) is 5.92 Å². The molecule has 6 nitrogen and oxygen atoms in total. The second-order valence-electron chi connectivity index (χ2n) is 6.99. The van der Waals surface area contributed by atoms with Crippen molar-refractivity contribution in [2.45, 2.75) is 32.5 Å². The van der Waals surface area contributed by atoms with E-state index in [0.717, 1.165) is 37.3 Å². The molecule has 1 aromatic carbocycles. The van der Waals surface area contributed by atoms with E-state index in [1.165, 1.54) is 0 Å². The van der Waals surface area contributed by atoms with Crippen molar-refractivity contribution < 1.29 is 14.3 Å². The molecule has 0 saturated carbocycles. The van der Waals surface area contributed by atoms with Crippen LogP contribution < -0.4 is 0 Å². The highest BCUT2D eigenvalue weighted by atomic mass is 35.5. The highest BCUT2D eigenvalue weighted by Gasteiger charge is 2.33. The van der Waals surface area contributed by atoms with Gasteiger partial charge in [0.15, 0.2) is 6.29 Å². The number of piperidine rings is 1. The van der Waals surface area contributed by atoms with Gasteiger partial charge in [0.2, 0.25) is 0 Å². The summed E-state index contributed by atoms with van der Waals surface area (Å²) >= 11 is 6.11. The van der Waals surface area contributed by atoms with Crippen LogP contribution in [0.15, 0.2) is 30.5 Å². The maximum atomic E-state index is 13.1. The molecular weight excluding hydrogens is 366 g/mol. The molecular formula is C20H24ClN3O3. The minimum Gasteiger partial charge on any atom is -0.350 e. The Hall–Kier alpha value is -1.89. The summed E-state index contributed by atoms with van der Waals surface area (Å²) in [4.78, 5) is 15.0. The van der Waals surface area contributed by atoms with Crippen molar-refractivity contribution in [2.75, 3.05) is 26.3 Å². The van der Waals surface area contributed by atoms with Gasteiger partial charge in [0.05, 0.1) is 36.4 Å². The van der Waals surface area contributed by atoms with Crippen molar-refractivity contribution in [1.29, 1.82) is 0 Å². The molecule has 0 bridgehead atoms. The highest BCUT2D eigenvalue weighted by Crippen LogP contribution is 2.27. The summed E-state index contributed by atoms with van der Waals surface area (Å²) in [5.74, 6) is 0.420. The smallest absolute Gasteiger partial charge is 0.257 e. The molecule has 144 valence electrons. The predicted molar refractivity (Wildman–Crippen MR) is 102 cm³/mol. The van der Waals surface area contributed by atoms with E-state index in [9.17, 15) is 4.79 Å². The quantitative estimate of drug-likeness (QED) is 0.805. The number of ether oxygens (including phenoxy) is 2. The fourth-order valence-corrected chi connectivity index (χ4v) is 4.10. The molecule has 0 N–H and O–H groups in total. The second-order valence-corrected chi connectivity index (χ2v) is 7.43. The van der Waals surface area contributed by atoms with Gasteiger partial charge in [-0.1, -0.05) is 24.6 Å². The zero-order valence-electron chi connectivity index (χ0n) is 15.4. The van der Waals surface area contributed by atoms with E-state index < -0.39 is 0 Å². The summed E-state index contributed by atoms with van der Waals surface area (Å²) < 4.78 is 13.1. The molecule has 4 rings (SSSR count). The molecule has 2 aromatic rings. The van der Waals surface area contributed by atoms with Crippen molar-refractivity contribution in [3.05, 3.63) is 46.7 Å². The lowest BCUT2D eigenvalue weighted by molar-refractivity contribution is -0.0956. The maximum Gasteiger partial charge on any atom is 0.257 e. The molecule has 0 unspecified atom stereocenters. The van der Waals surface area contributed by atoms with Crippen LogP contribution in [0.3, 0.4) is 0 Å². The SMILES string of the molecule is CCc1c(C(=O)N2CCC(C3OCCO3)CC2)cnn1-c1cccc(Cl)c1. The molecule has 0 aliphatic carbocycles. The minimum absolute atomic E-state index is 0.0480. The summed E-state index contributed by atoms with van der Waals surface area (Å²) in [6.45, 7) is 4.82. The predicted octanol–water partition coefficient (Wildman–Crippen LogP) is 3.31. The van der Waals surface area contributed by atoms with Crippen LogP contribution in [0.5, 0.6) is 0 Å². The monoisotopic (exact) mass is 389 g/mol. The van der Waals surface area contributed by atoms with Crippen LogP contribution in [0, 0.1) is 5.92 Å². The van der Waals surface area contributed by atoms with E-state index in [-0.39, 0.29) is 12.2 Å². The largest absolute Gasteiger partial charge is 0.350 e. The fraction of sp³-hybridized carbons (Fsp3) is 0.500. The van der Waals surface area contributed by atoms with Crippen molar-refractivity contribution >= 4 is 17.5 Å². The number of likely N-dealkylation sites (tertiary alicyclic amines) is 1. The second kappa shape index (κ2) is 8.00. The summed E-state index contributed by atoms with van der Waals surface area (Å²) in [6, 6.07) is 7.51. The van der Waals surface area contributed by atoms with Crippen LogP contribution >= 0.6 is 11.6 Å². The molecule has 0 radical (unpaired) electrons. The normalized spacial score (nSPS) is 19.0. The van der Waals surface area contributed by atoms with Gasteiger partial charge in [0, 0.05) is 24.0 Å². The fourth-order valence-electron chi connectivity index (χ4n) is 3.92. The summed E-state index contributed by atoms with van der Waals surface area (Å²) in [7, 11) is 0. The lowest BCUT2D eigenvalue weighted by atomic mass is 9.95. The molecule has 0 atom stereocenters. The molecule has 2 saturated heterocycles. The van der Waals surface area contributed by atoms with E-state index in [1.54, 1.807) is 6.20 Å². The van der Waals surface area contributed by atoms with Crippen molar-refractivity contribution in [3.63, 3.8) is 0 Å². The van der Waals surface area contributed by atoms with Crippen molar-refractivity contribution in [1.82, 2.24) is 14.7 Å². The van der Waals surface area contributed by atoms with Gasteiger partial charge in [-0.25, -0.2) is 4.68 Å². The number of amides is 1. The molecule has 2 aliphatic rings. The Balaban J connectivity index is 1.49. The lowest BCUT2D eigenvalue weighted by Crippen LogP contribution is -2.41. The number of hydrogen-bond donors (Lipinski definition) is 0. The molecule has 1 amide bonds. The Kier molecular flexibility index (Phi) is 5.48. The Morgan fingerprint density at radius 2 is 2.00 bits per heavy atom. The number of hydrogen-bond acceptors (Lipinski definition) is 4. The molecule has 27 heavy (non-hydrogen) atoms.